The third kappa shape index (κ3) is 4.16. The summed E-state index contributed by atoms with van der Waals surface area (Å²) in [7, 11) is 0. The van der Waals surface area contributed by atoms with Gasteiger partial charge < -0.3 is 11.1 Å². The second-order valence-electron chi connectivity index (χ2n) is 6.17. The zero-order valence-corrected chi connectivity index (χ0v) is 14.4. The molecule has 1 fully saturated rings. The Labute approximate surface area is 157 Å². The van der Waals surface area contributed by atoms with Crippen molar-refractivity contribution in [2.75, 3.05) is 5.32 Å². The SMILES string of the molecule is NC(/C=C\Nc1cnc(C(F)(F)F)nc1)=NC(=O)C1(c2ccccc2F)CC1. The molecular weight excluding hydrogens is 378 g/mol. The number of carbonyl (C=O) groups excluding carboxylic acids is 1. The maximum absolute atomic E-state index is 14.0. The molecule has 0 aliphatic heterocycles. The minimum atomic E-state index is -4.62. The summed E-state index contributed by atoms with van der Waals surface area (Å²) in [4.78, 5) is 22.6. The molecule has 0 saturated heterocycles. The van der Waals surface area contributed by atoms with Crippen molar-refractivity contribution >= 4 is 17.4 Å². The lowest BCUT2D eigenvalue weighted by molar-refractivity contribution is -0.145. The van der Waals surface area contributed by atoms with Crippen molar-refractivity contribution in [3.05, 3.63) is 66.1 Å². The lowest BCUT2D eigenvalue weighted by Gasteiger charge is -2.12. The maximum atomic E-state index is 14.0. The summed E-state index contributed by atoms with van der Waals surface area (Å²) in [5, 5.41) is 2.62. The van der Waals surface area contributed by atoms with Crippen LogP contribution in [-0.4, -0.2) is 21.7 Å². The van der Waals surface area contributed by atoms with Crippen LogP contribution in [-0.2, 0) is 16.4 Å². The number of nitrogens with zero attached hydrogens (tertiary/aromatic N) is 3. The lowest BCUT2D eigenvalue weighted by Crippen LogP contribution is -2.23. The molecule has 0 bridgehead atoms. The summed E-state index contributed by atoms with van der Waals surface area (Å²) >= 11 is 0. The number of benzene rings is 1. The fraction of sp³-hybridized carbons (Fsp3) is 0.222. The predicted octanol–water partition coefficient (Wildman–Crippen LogP) is 3.18. The quantitative estimate of drug-likeness (QED) is 0.462. The molecule has 1 aromatic heterocycles. The average molecular weight is 393 g/mol. The number of alkyl halides is 3. The molecule has 0 unspecified atom stereocenters. The zero-order valence-electron chi connectivity index (χ0n) is 14.4. The lowest BCUT2D eigenvalue weighted by atomic mass is 9.94. The van der Waals surface area contributed by atoms with Crippen molar-refractivity contribution in [1.82, 2.24) is 9.97 Å². The number of halogens is 4. The summed E-state index contributed by atoms with van der Waals surface area (Å²) in [6.45, 7) is 0. The Morgan fingerprint density at radius 3 is 2.43 bits per heavy atom. The molecule has 1 heterocycles. The van der Waals surface area contributed by atoms with E-state index in [1.54, 1.807) is 12.1 Å². The number of hydrogen-bond donors (Lipinski definition) is 2. The molecule has 10 heteroatoms. The van der Waals surface area contributed by atoms with Gasteiger partial charge >= 0.3 is 6.18 Å². The van der Waals surface area contributed by atoms with Crippen LogP contribution >= 0.6 is 0 Å². The van der Waals surface area contributed by atoms with Gasteiger partial charge in [0, 0.05) is 11.8 Å². The van der Waals surface area contributed by atoms with Gasteiger partial charge in [0.2, 0.25) is 5.82 Å². The van der Waals surface area contributed by atoms with Gasteiger partial charge in [0.1, 0.15) is 11.7 Å². The molecule has 1 aliphatic carbocycles. The molecular formula is C18H15F4N5O. The van der Waals surface area contributed by atoms with Crippen LogP contribution in [0, 0.1) is 5.82 Å². The van der Waals surface area contributed by atoms with Gasteiger partial charge in [0.25, 0.3) is 5.91 Å². The summed E-state index contributed by atoms with van der Waals surface area (Å²) < 4.78 is 51.2. The molecule has 3 N–H and O–H groups in total. The molecule has 0 radical (unpaired) electrons. The van der Waals surface area contributed by atoms with Crippen LogP contribution < -0.4 is 11.1 Å². The topological polar surface area (TPSA) is 93.3 Å². The highest BCUT2D eigenvalue weighted by molar-refractivity contribution is 6.04. The van der Waals surface area contributed by atoms with Crippen molar-refractivity contribution in [3.8, 4) is 0 Å². The fourth-order valence-electron chi connectivity index (χ4n) is 2.61. The molecule has 28 heavy (non-hydrogen) atoms. The Bertz CT molecular complexity index is 934. The van der Waals surface area contributed by atoms with E-state index in [-0.39, 0.29) is 11.5 Å². The summed E-state index contributed by atoms with van der Waals surface area (Å²) in [5.41, 5.74) is 5.18. The van der Waals surface area contributed by atoms with Gasteiger partial charge in [-0.2, -0.15) is 18.2 Å². The van der Waals surface area contributed by atoms with Crippen molar-refractivity contribution in [2.45, 2.75) is 24.4 Å². The van der Waals surface area contributed by atoms with E-state index in [1.165, 1.54) is 24.4 Å². The summed E-state index contributed by atoms with van der Waals surface area (Å²) in [5.74, 6) is -2.40. The van der Waals surface area contributed by atoms with Crippen LogP contribution in [0.25, 0.3) is 0 Å². The number of aliphatic imine (C=N–C) groups is 1. The molecule has 6 nitrogen and oxygen atoms in total. The van der Waals surface area contributed by atoms with Gasteiger partial charge in [0.05, 0.1) is 23.5 Å². The van der Waals surface area contributed by atoms with Gasteiger partial charge in [-0.15, -0.1) is 0 Å². The predicted molar refractivity (Wildman–Crippen MR) is 93.7 cm³/mol. The van der Waals surface area contributed by atoms with E-state index < -0.39 is 29.1 Å². The van der Waals surface area contributed by atoms with Crippen LogP contribution in [0.15, 0.2) is 53.9 Å². The normalized spacial score (nSPS) is 16.2. The molecule has 1 aromatic carbocycles. The van der Waals surface area contributed by atoms with Gasteiger partial charge in [-0.1, -0.05) is 18.2 Å². The summed E-state index contributed by atoms with van der Waals surface area (Å²) in [6, 6.07) is 6.02. The van der Waals surface area contributed by atoms with E-state index in [2.05, 4.69) is 20.3 Å². The minimum absolute atomic E-state index is 0.132. The maximum Gasteiger partial charge on any atom is 0.451 e. The number of rotatable bonds is 5. The highest BCUT2D eigenvalue weighted by Crippen LogP contribution is 2.50. The van der Waals surface area contributed by atoms with Crippen molar-refractivity contribution in [3.63, 3.8) is 0 Å². The number of amides is 1. The number of aromatic nitrogens is 2. The van der Waals surface area contributed by atoms with E-state index in [1.807, 2.05) is 0 Å². The monoisotopic (exact) mass is 393 g/mol. The Morgan fingerprint density at radius 1 is 1.21 bits per heavy atom. The van der Waals surface area contributed by atoms with Gasteiger partial charge in [0.15, 0.2) is 0 Å². The smallest absolute Gasteiger partial charge is 0.384 e. The largest absolute Gasteiger partial charge is 0.451 e. The number of amidine groups is 1. The van der Waals surface area contributed by atoms with Crippen LogP contribution in [0.1, 0.15) is 24.2 Å². The van der Waals surface area contributed by atoms with Gasteiger partial charge in [-0.25, -0.2) is 14.4 Å². The van der Waals surface area contributed by atoms with E-state index in [9.17, 15) is 22.4 Å². The van der Waals surface area contributed by atoms with E-state index >= 15 is 0 Å². The second-order valence-corrected chi connectivity index (χ2v) is 6.17. The van der Waals surface area contributed by atoms with Crippen molar-refractivity contribution in [2.24, 2.45) is 10.7 Å². The van der Waals surface area contributed by atoms with E-state index in [0.29, 0.717) is 18.4 Å². The van der Waals surface area contributed by atoms with E-state index in [4.69, 9.17) is 5.73 Å². The first kappa shape index (κ1) is 19.5. The van der Waals surface area contributed by atoms with E-state index in [0.717, 1.165) is 12.4 Å². The molecule has 146 valence electrons. The first-order chi connectivity index (χ1) is 13.2. The fourth-order valence-corrected chi connectivity index (χ4v) is 2.61. The Morgan fingerprint density at radius 2 is 1.86 bits per heavy atom. The van der Waals surface area contributed by atoms with Crippen molar-refractivity contribution < 1.29 is 22.4 Å². The Hall–Kier alpha value is -3.30. The molecule has 3 rings (SSSR count). The third-order valence-electron chi connectivity index (χ3n) is 4.19. The molecule has 1 aliphatic rings. The zero-order chi connectivity index (χ0) is 20.4. The number of carbonyl (C=O) groups is 1. The molecule has 0 spiro atoms. The average Bonchev–Trinajstić information content (AvgIpc) is 3.43. The first-order valence-electron chi connectivity index (χ1n) is 8.18. The Kier molecular flexibility index (Phi) is 5.12. The van der Waals surface area contributed by atoms with Crippen LogP contribution in [0.5, 0.6) is 0 Å². The van der Waals surface area contributed by atoms with Crippen molar-refractivity contribution in [1.29, 1.82) is 0 Å². The number of nitrogens with one attached hydrogen (secondary N) is 1. The molecule has 0 atom stereocenters. The highest BCUT2D eigenvalue weighted by atomic mass is 19.4. The minimum Gasteiger partial charge on any atom is -0.384 e. The third-order valence-corrected chi connectivity index (χ3v) is 4.19. The second kappa shape index (κ2) is 7.37. The van der Waals surface area contributed by atoms with Crippen LogP contribution in [0.4, 0.5) is 23.2 Å². The standard InChI is InChI=1S/C18H15F4N5O/c19-13-4-2-1-3-12(13)17(6-7-17)16(28)27-14(23)5-8-24-11-9-25-15(26-10-11)18(20,21)22/h1-5,8-10,24H,6-7H2,(H2,23,27,28)/b8-5-. The van der Waals surface area contributed by atoms with Crippen LogP contribution in [0.2, 0.25) is 0 Å². The Balaban J connectivity index is 1.64. The molecule has 1 saturated carbocycles. The number of nitrogens with two attached hydrogens (primary N) is 1. The first-order valence-corrected chi connectivity index (χ1v) is 8.18. The number of anilines is 1. The molecule has 2 aromatic rings. The van der Waals surface area contributed by atoms with Crippen LogP contribution in [0.3, 0.4) is 0 Å². The van der Waals surface area contributed by atoms with Gasteiger partial charge in [-0.3, -0.25) is 4.79 Å². The van der Waals surface area contributed by atoms with Gasteiger partial charge in [-0.05, 0) is 25.0 Å². The highest BCUT2D eigenvalue weighted by Gasteiger charge is 2.52. The molecule has 1 amide bonds. The number of hydrogen-bond acceptors (Lipinski definition) is 4. The summed E-state index contributed by atoms with van der Waals surface area (Å²) in [6.07, 6.45) is 0.783.